The molecule has 0 spiro atoms. The lowest BCUT2D eigenvalue weighted by atomic mass is 10.1. The molecular weight excluding hydrogens is 404 g/mol. The molecule has 2 aromatic carbocycles. The van der Waals surface area contributed by atoms with Crippen LogP contribution in [0.1, 0.15) is 39.2 Å². The number of nitrogens with zero attached hydrogens (tertiary/aromatic N) is 1. The Bertz CT molecular complexity index is 800. The lowest BCUT2D eigenvalue weighted by Crippen LogP contribution is -2.49. The van der Waals surface area contributed by atoms with Crippen LogP contribution in [-0.2, 0) is 16.1 Å². The average molecular weight is 433 g/mol. The predicted octanol–water partition coefficient (Wildman–Crippen LogP) is 5.15. The first-order valence-corrected chi connectivity index (χ1v) is 11.3. The van der Waals surface area contributed by atoms with E-state index in [0.717, 1.165) is 16.9 Å². The molecule has 2 atom stereocenters. The smallest absolute Gasteiger partial charge is 0.242 e. The molecule has 156 valence electrons. The number of carbonyl (C=O) groups is 2. The zero-order valence-corrected chi connectivity index (χ0v) is 18.8. The van der Waals surface area contributed by atoms with Crippen molar-refractivity contribution in [2.24, 2.45) is 0 Å². The summed E-state index contributed by atoms with van der Waals surface area (Å²) >= 11 is 7.74. The van der Waals surface area contributed by atoms with Gasteiger partial charge in [-0.3, -0.25) is 9.59 Å². The Kier molecular flexibility index (Phi) is 9.55. The standard InChI is InChI=1S/C23H29ClN2O2S/c1-4-17(2)25-23(28)18(3)26(16-19-9-8-10-20(24)15-19)22(27)13-14-29-21-11-6-5-7-12-21/h5-12,15,17-18H,4,13-14,16H2,1-3H3,(H,25,28). The Morgan fingerprint density at radius 3 is 2.48 bits per heavy atom. The maximum absolute atomic E-state index is 13.0. The van der Waals surface area contributed by atoms with Crippen LogP contribution in [0.5, 0.6) is 0 Å². The predicted molar refractivity (Wildman–Crippen MR) is 121 cm³/mol. The van der Waals surface area contributed by atoms with E-state index in [1.165, 1.54) is 0 Å². The van der Waals surface area contributed by atoms with Gasteiger partial charge in [0.05, 0.1) is 0 Å². The van der Waals surface area contributed by atoms with Crippen molar-refractivity contribution in [3.63, 3.8) is 0 Å². The highest BCUT2D eigenvalue weighted by molar-refractivity contribution is 7.99. The molecule has 6 heteroatoms. The number of rotatable bonds is 10. The number of nitrogens with one attached hydrogen (secondary N) is 1. The third-order valence-corrected chi connectivity index (χ3v) is 5.99. The molecule has 0 radical (unpaired) electrons. The largest absolute Gasteiger partial charge is 0.352 e. The lowest BCUT2D eigenvalue weighted by molar-refractivity contribution is -0.140. The fourth-order valence-corrected chi connectivity index (χ4v) is 3.87. The zero-order valence-electron chi connectivity index (χ0n) is 17.2. The highest BCUT2D eigenvalue weighted by Crippen LogP contribution is 2.20. The molecule has 0 aromatic heterocycles. The molecule has 0 bridgehead atoms. The van der Waals surface area contributed by atoms with Crippen molar-refractivity contribution >= 4 is 35.2 Å². The van der Waals surface area contributed by atoms with E-state index in [0.29, 0.717) is 23.7 Å². The highest BCUT2D eigenvalue weighted by atomic mass is 35.5. The van der Waals surface area contributed by atoms with Gasteiger partial charge in [0.2, 0.25) is 11.8 Å². The van der Waals surface area contributed by atoms with E-state index in [1.54, 1.807) is 29.7 Å². The average Bonchev–Trinajstić information content (AvgIpc) is 2.72. The number of carbonyl (C=O) groups excluding carboxylic acids is 2. The van der Waals surface area contributed by atoms with Crippen LogP contribution in [0.3, 0.4) is 0 Å². The molecule has 0 aliphatic carbocycles. The SMILES string of the molecule is CCC(C)NC(=O)C(C)N(Cc1cccc(Cl)c1)C(=O)CCSc1ccccc1. The number of amides is 2. The van der Waals surface area contributed by atoms with Gasteiger partial charge >= 0.3 is 0 Å². The maximum Gasteiger partial charge on any atom is 0.242 e. The molecule has 0 saturated heterocycles. The minimum atomic E-state index is -0.558. The van der Waals surface area contributed by atoms with Crippen LogP contribution in [-0.4, -0.2) is 34.6 Å². The van der Waals surface area contributed by atoms with Crippen LogP contribution in [0.25, 0.3) is 0 Å². The van der Waals surface area contributed by atoms with Crippen LogP contribution < -0.4 is 5.32 Å². The summed E-state index contributed by atoms with van der Waals surface area (Å²) in [6.07, 6.45) is 1.20. The first kappa shape index (κ1) is 23.3. The minimum absolute atomic E-state index is 0.0415. The summed E-state index contributed by atoms with van der Waals surface area (Å²) in [6, 6.07) is 16.9. The second kappa shape index (κ2) is 11.9. The molecule has 4 nitrogen and oxygen atoms in total. The lowest BCUT2D eigenvalue weighted by Gasteiger charge is -2.29. The van der Waals surface area contributed by atoms with Crippen LogP contribution in [0.4, 0.5) is 0 Å². The molecular formula is C23H29ClN2O2S. The van der Waals surface area contributed by atoms with Crippen molar-refractivity contribution in [3.8, 4) is 0 Å². The Morgan fingerprint density at radius 1 is 1.10 bits per heavy atom. The van der Waals surface area contributed by atoms with Crippen LogP contribution in [0.15, 0.2) is 59.5 Å². The molecule has 0 fully saturated rings. The van der Waals surface area contributed by atoms with Crippen molar-refractivity contribution < 1.29 is 9.59 Å². The third-order valence-electron chi connectivity index (χ3n) is 4.74. The fraction of sp³-hybridized carbons (Fsp3) is 0.391. The van der Waals surface area contributed by atoms with Crippen molar-refractivity contribution in [1.82, 2.24) is 10.2 Å². The van der Waals surface area contributed by atoms with Gasteiger partial charge in [0.25, 0.3) is 0 Å². The van der Waals surface area contributed by atoms with Crippen molar-refractivity contribution in [3.05, 3.63) is 65.2 Å². The number of benzene rings is 2. The van der Waals surface area contributed by atoms with Gasteiger partial charge in [0.1, 0.15) is 6.04 Å². The molecule has 2 rings (SSSR count). The Labute approximate surface area is 183 Å². The normalized spacial score (nSPS) is 12.8. The van der Waals surface area contributed by atoms with E-state index in [-0.39, 0.29) is 17.9 Å². The highest BCUT2D eigenvalue weighted by Gasteiger charge is 2.26. The monoisotopic (exact) mass is 432 g/mol. The number of hydrogen-bond donors (Lipinski definition) is 1. The fourth-order valence-electron chi connectivity index (χ4n) is 2.80. The minimum Gasteiger partial charge on any atom is -0.352 e. The quantitative estimate of drug-likeness (QED) is 0.528. The first-order valence-electron chi connectivity index (χ1n) is 9.92. The van der Waals surface area contributed by atoms with Gasteiger partial charge < -0.3 is 10.2 Å². The van der Waals surface area contributed by atoms with Crippen LogP contribution in [0, 0.1) is 0 Å². The number of hydrogen-bond acceptors (Lipinski definition) is 3. The summed E-state index contributed by atoms with van der Waals surface area (Å²) in [4.78, 5) is 28.5. The molecule has 2 unspecified atom stereocenters. The topological polar surface area (TPSA) is 49.4 Å². The third kappa shape index (κ3) is 7.75. The molecule has 0 aliphatic rings. The summed E-state index contributed by atoms with van der Waals surface area (Å²) in [5.41, 5.74) is 0.907. The van der Waals surface area contributed by atoms with Gasteiger partial charge in [0.15, 0.2) is 0 Å². The van der Waals surface area contributed by atoms with Crippen molar-refractivity contribution in [2.75, 3.05) is 5.75 Å². The maximum atomic E-state index is 13.0. The number of halogens is 1. The van der Waals surface area contributed by atoms with Gasteiger partial charge in [-0.15, -0.1) is 11.8 Å². The summed E-state index contributed by atoms with van der Waals surface area (Å²) in [5, 5.41) is 3.60. The van der Waals surface area contributed by atoms with E-state index in [4.69, 9.17) is 11.6 Å². The number of thioether (sulfide) groups is 1. The molecule has 2 aromatic rings. The second-order valence-electron chi connectivity index (χ2n) is 7.06. The van der Waals surface area contributed by atoms with E-state index in [1.807, 2.05) is 62.4 Å². The molecule has 29 heavy (non-hydrogen) atoms. The van der Waals surface area contributed by atoms with Crippen LogP contribution >= 0.6 is 23.4 Å². The van der Waals surface area contributed by atoms with E-state index < -0.39 is 6.04 Å². The van der Waals surface area contributed by atoms with E-state index in [9.17, 15) is 9.59 Å². The van der Waals surface area contributed by atoms with Gasteiger partial charge in [-0.25, -0.2) is 0 Å². The van der Waals surface area contributed by atoms with E-state index >= 15 is 0 Å². The van der Waals surface area contributed by atoms with Crippen LogP contribution in [0.2, 0.25) is 5.02 Å². The zero-order chi connectivity index (χ0) is 21.2. The molecule has 1 N–H and O–H groups in total. The Morgan fingerprint density at radius 2 is 1.83 bits per heavy atom. The molecule has 0 aliphatic heterocycles. The van der Waals surface area contributed by atoms with Crippen molar-refractivity contribution in [1.29, 1.82) is 0 Å². The second-order valence-corrected chi connectivity index (χ2v) is 8.66. The first-order chi connectivity index (χ1) is 13.9. The van der Waals surface area contributed by atoms with Gasteiger partial charge in [-0.2, -0.15) is 0 Å². The van der Waals surface area contributed by atoms with E-state index in [2.05, 4.69) is 5.32 Å². The summed E-state index contributed by atoms with van der Waals surface area (Å²) in [6.45, 7) is 6.12. The summed E-state index contributed by atoms with van der Waals surface area (Å²) in [7, 11) is 0. The van der Waals surface area contributed by atoms with Crippen molar-refractivity contribution in [2.45, 2.75) is 57.1 Å². The summed E-state index contributed by atoms with van der Waals surface area (Å²) in [5.74, 6) is 0.486. The van der Waals surface area contributed by atoms with Gasteiger partial charge in [-0.05, 0) is 50.1 Å². The summed E-state index contributed by atoms with van der Waals surface area (Å²) < 4.78 is 0. The Balaban J connectivity index is 2.07. The molecule has 0 heterocycles. The molecule has 2 amide bonds. The van der Waals surface area contributed by atoms with Gasteiger partial charge in [0, 0.05) is 34.7 Å². The van der Waals surface area contributed by atoms with Gasteiger partial charge in [-0.1, -0.05) is 48.9 Å². The Hall–Kier alpha value is -1.98. The molecule has 0 saturated carbocycles.